The first-order chi connectivity index (χ1) is 13.8. The van der Waals surface area contributed by atoms with Crippen LogP contribution in [0.1, 0.15) is 23.6 Å². The van der Waals surface area contributed by atoms with Crippen LogP contribution < -0.4 is 5.32 Å². The molecule has 2 aromatic carbocycles. The highest BCUT2D eigenvalue weighted by Gasteiger charge is 2.12. The fourth-order valence-corrected chi connectivity index (χ4v) is 3.24. The van der Waals surface area contributed by atoms with Crippen molar-refractivity contribution in [1.82, 2.24) is 14.8 Å². The normalized spacial score (nSPS) is 10.8. The number of benzene rings is 2. The van der Waals surface area contributed by atoms with Crippen molar-refractivity contribution in [2.45, 2.75) is 26.4 Å². The molecule has 0 atom stereocenters. The van der Waals surface area contributed by atoms with Crippen molar-refractivity contribution in [3.63, 3.8) is 0 Å². The molecule has 0 aliphatic carbocycles. The van der Waals surface area contributed by atoms with Crippen LogP contribution >= 0.6 is 0 Å². The fourth-order valence-electron chi connectivity index (χ4n) is 3.24. The summed E-state index contributed by atoms with van der Waals surface area (Å²) >= 11 is 0. The van der Waals surface area contributed by atoms with Crippen LogP contribution in [0.2, 0.25) is 0 Å². The molecule has 0 spiro atoms. The quantitative estimate of drug-likeness (QED) is 0.489. The van der Waals surface area contributed by atoms with Crippen molar-refractivity contribution in [1.29, 1.82) is 0 Å². The third-order valence-corrected chi connectivity index (χ3v) is 4.80. The summed E-state index contributed by atoms with van der Waals surface area (Å²) in [5, 5.41) is 8.38. The lowest BCUT2D eigenvalue weighted by Gasteiger charge is -2.07. The van der Waals surface area contributed by atoms with Gasteiger partial charge in [0.15, 0.2) is 0 Å². The summed E-state index contributed by atoms with van der Waals surface area (Å²) in [4.78, 5) is 4.26. The van der Waals surface area contributed by atoms with E-state index in [-0.39, 0.29) is 0 Å². The van der Waals surface area contributed by atoms with Gasteiger partial charge in [0, 0.05) is 41.9 Å². The molecular weight excluding hydrogens is 344 g/mol. The molecule has 0 saturated heterocycles. The Morgan fingerprint density at radius 1 is 0.893 bits per heavy atom. The minimum Gasteiger partial charge on any atom is -0.381 e. The van der Waals surface area contributed by atoms with Gasteiger partial charge in [0.25, 0.3) is 0 Å². The molecule has 28 heavy (non-hydrogen) atoms. The van der Waals surface area contributed by atoms with Gasteiger partial charge in [0.2, 0.25) is 0 Å². The van der Waals surface area contributed by atoms with Gasteiger partial charge in [-0.2, -0.15) is 5.10 Å². The highest BCUT2D eigenvalue weighted by molar-refractivity contribution is 5.62. The van der Waals surface area contributed by atoms with Crippen molar-refractivity contribution in [2.75, 3.05) is 5.32 Å². The van der Waals surface area contributed by atoms with Gasteiger partial charge in [-0.15, -0.1) is 0 Å². The standard InChI is InChI=1S/C24H24N4/c1-2-19-10-12-23(13-11-19)26-16-22-18-28(17-20-7-4-3-5-8-20)27-24(22)21-9-6-14-25-15-21/h3-15,18,26H,2,16-17H2,1H3. The summed E-state index contributed by atoms with van der Waals surface area (Å²) in [5.41, 5.74) is 6.86. The van der Waals surface area contributed by atoms with Crippen LogP contribution in [0.3, 0.4) is 0 Å². The first-order valence-electron chi connectivity index (χ1n) is 9.65. The Balaban J connectivity index is 1.58. The number of aromatic nitrogens is 3. The number of pyridine rings is 1. The minimum atomic E-state index is 0.713. The Hall–Kier alpha value is -3.40. The van der Waals surface area contributed by atoms with E-state index in [9.17, 15) is 0 Å². The van der Waals surface area contributed by atoms with E-state index in [1.54, 1.807) is 6.20 Å². The van der Waals surface area contributed by atoms with Crippen molar-refractivity contribution in [2.24, 2.45) is 0 Å². The molecule has 2 aromatic heterocycles. The molecule has 0 aliphatic heterocycles. The predicted molar refractivity (Wildman–Crippen MR) is 114 cm³/mol. The molecule has 0 amide bonds. The van der Waals surface area contributed by atoms with E-state index >= 15 is 0 Å². The highest BCUT2D eigenvalue weighted by atomic mass is 15.3. The maximum absolute atomic E-state index is 4.85. The van der Waals surface area contributed by atoms with E-state index in [0.717, 1.165) is 35.5 Å². The molecule has 0 saturated carbocycles. The van der Waals surface area contributed by atoms with Gasteiger partial charge in [-0.25, -0.2) is 0 Å². The average Bonchev–Trinajstić information content (AvgIpc) is 3.16. The highest BCUT2D eigenvalue weighted by Crippen LogP contribution is 2.23. The van der Waals surface area contributed by atoms with Crippen molar-refractivity contribution < 1.29 is 0 Å². The number of hydrogen-bond acceptors (Lipinski definition) is 3. The van der Waals surface area contributed by atoms with Crippen LogP contribution in [0.15, 0.2) is 85.3 Å². The second-order valence-corrected chi connectivity index (χ2v) is 6.83. The zero-order valence-corrected chi connectivity index (χ0v) is 16.0. The van der Waals surface area contributed by atoms with Gasteiger partial charge in [-0.05, 0) is 41.8 Å². The first kappa shape index (κ1) is 18.0. The van der Waals surface area contributed by atoms with Gasteiger partial charge in [0.1, 0.15) is 0 Å². The Kier molecular flexibility index (Phi) is 5.48. The largest absolute Gasteiger partial charge is 0.381 e. The molecule has 4 nitrogen and oxygen atoms in total. The molecule has 4 aromatic rings. The second kappa shape index (κ2) is 8.53. The van der Waals surface area contributed by atoms with Crippen LogP contribution in [0.4, 0.5) is 5.69 Å². The van der Waals surface area contributed by atoms with Gasteiger partial charge < -0.3 is 5.32 Å². The van der Waals surface area contributed by atoms with Crippen LogP contribution in [0.5, 0.6) is 0 Å². The fraction of sp³-hybridized carbons (Fsp3) is 0.167. The number of nitrogens with one attached hydrogen (secondary N) is 1. The van der Waals surface area contributed by atoms with E-state index in [4.69, 9.17) is 5.10 Å². The molecule has 1 N–H and O–H groups in total. The van der Waals surface area contributed by atoms with Gasteiger partial charge in [-0.3, -0.25) is 9.67 Å². The van der Waals surface area contributed by atoms with E-state index in [0.29, 0.717) is 6.54 Å². The third-order valence-electron chi connectivity index (χ3n) is 4.80. The lowest BCUT2D eigenvalue weighted by atomic mass is 10.1. The lowest BCUT2D eigenvalue weighted by Crippen LogP contribution is -2.00. The summed E-state index contributed by atoms with van der Waals surface area (Å²) in [5.74, 6) is 0. The zero-order chi connectivity index (χ0) is 19.2. The minimum absolute atomic E-state index is 0.713. The lowest BCUT2D eigenvalue weighted by molar-refractivity contribution is 0.688. The smallest absolute Gasteiger partial charge is 0.0988 e. The monoisotopic (exact) mass is 368 g/mol. The van der Waals surface area contributed by atoms with Crippen LogP contribution in [-0.4, -0.2) is 14.8 Å². The number of aryl methyl sites for hydroxylation is 1. The first-order valence-corrected chi connectivity index (χ1v) is 9.65. The summed E-state index contributed by atoms with van der Waals surface area (Å²) in [7, 11) is 0. The topological polar surface area (TPSA) is 42.7 Å². The van der Waals surface area contributed by atoms with Gasteiger partial charge >= 0.3 is 0 Å². The maximum Gasteiger partial charge on any atom is 0.0988 e. The predicted octanol–water partition coefficient (Wildman–Crippen LogP) is 5.17. The molecule has 4 rings (SSSR count). The van der Waals surface area contributed by atoms with E-state index in [1.807, 2.05) is 23.0 Å². The molecule has 0 aliphatic rings. The average molecular weight is 368 g/mol. The Morgan fingerprint density at radius 3 is 2.43 bits per heavy atom. The second-order valence-electron chi connectivity index (χ2n) is 6.83. The summed E-state index contributed by atoms with van der Waals surface area (Å²) < 4.78 is 2.01. The summed E-state index contributed by atoms with van der Waals surface area (Å²) in [6, 6.07) is 23.0. The van der Waals surface area contributed by atoms with Crippen molar-refractivity contribution >= 4 is 5.69 Å². The van der Waals surface area contributed by atoms with Gasteiger partial charge in [-0.1, -0.05) is 49.4 Å². The number of rotatable bonds is 7. The Morgan fingerprint density at radius 2 is 1.71 bits per heavy atom. The number of nitrogens with zero attached hydrogens (tertiary/aromatic N) is 3. The van der Waals surface area contributed by atoms with Crippen molar-refractivity contribution in [3.05, 3.63) is 102 Å². The molecule has 2 heterocycles. The summed E-state index contributed by atoms with van der Waals surface area (Å²) in [6.07, 6.45) is 6.84. The zero-order valence-electron chi connectivity index (χ0n) is 16.0. The molecule has 0 fully saturated rings. The van der Waals surface area contributed by atoms with Crippen LogP contribution in [0, 0.1) is 0 Å². The van der Waals surface area contributed by atoms with Crippen LogP contribution in [-0.2, 0) is 19.5 Å². The molecule has 140 valence electrons. The molecular formula is C24H24N4. The third kappa shape index (κ3) is 4.29. The molecule has 0 bridgehead atoms. The molecule has 4 heteroatoms. The van der Waals surface area contributed by atoms with Crippen LogP contribution in [0.25, 0.3) is 11.3 Å². The molecule has 0 unspecified atom stereocenters. The van der Waals surface area contributed by atoms with Crippen molar-refractivity contribution in [3.8, 4) is 11.3 Å². The van der Waals surface area contributed by atoms with Gasteiger partial charge in [0.05, 0.1) is 12.2 Å². The van der Waals surface area contributed by atoms with E-state index in [2.05, 4.69) is 78.0 Å². The SMILES string of the molecule is CCc1ccc(NCc2cn(Cc3ccccc3)nc2-c2cccnc2)cc1. The van der Waals surface area contributed by atoms with E-state index in [1.165, 1.54) is 11.1 Å². The van der Waals surface area contributed by atoms with E-state index < -0.39 is 0 Å². The number of anilines is 1. The number of hydrogen-bond donors (Lipinski definition) is 1. The Bertz CT molecular complexity index is 1010. The molecule has 0 radical (unpaired) electrons. The maximum atomic E-state index is 4.85. The summed E-state index contributed by atoms with van der Waals surface area (Å²) in [6.45, 7) is 3.63. The Labute approximate surface area is 165 Å².